The molecular weight excluding hydrogens is 352 g/mol. The van der Waals surface area contributed by atoms with Crippen molar-refractivity contribution in [2.75, 3.05) is 4.72 Å². The summed E-state index contributed by atoms with van der Waals surface area (Å²) in [6.45, 7) is 0. The van der Waals surface area contributed by atoms with Crippen LogP contribution in [0, 0.1) is 10.1 Å². The number of rotatable bonds is 4. The molecule has 0 bridgehead atoms. The fourth-order valence-electron chi connectivity index (χ4n) is 1.27. The fourth-order valence-corrected chi connectivity index (χ4v) is 2.46. The summed E-state index contributed by atoms with van der Waals surface area (Å²) in [4.78, 5) is 16.9. The van der Waals surface area contributed by atoms with E-state index in [1.807, 2.05) is 0 Å². The van der Waals surface area contributed by atoms with Crippen LogP contribution in [0.3, 0.4) is 0 Å². The Morgan fingerprint density at radius 3 is 2.40 bits per heavy atom. The van der Waals surface area contributed by atoms with E-state index in [-0.39, 0.29) is 10.7 Å². The van der Waals surface area contributed by atoms with Gasteiger partial charge in [0.2, 0.25) is 0 Å². The molecule has 0 aromatic carbocycles. The topological polar surface area (TPSA) is 115 Å². The average Bonchev–Trinajstić information content (AvgIpc) is 2.41. The van der Waals surface area contributed by atoms with Gasteiger partial charge in [0.1, 0.15) is 10.7 Å². The summed E-state index contributed by atoms with van der Waals surface area (Å²) in [7, 11) is -3.88. The lowest BCUT2D eigenvalue weighted by atomic mass is 10.5. The Labute approximate surface area is 122 Å². The number of nitro groups is 1. The third-order valence-corrected chi connectivity index (χ3v) is 3.99. The van der Waals surface area contributed by atoms with Gasteiger partial charge in [-0.1, -0.05) is 0 Å². The first-order valence-corrected chi connectivity index (χ1v) is 7.41. The highest BCUT2D eigenvalue weighted by atomic mass is 79.9. The zero-order chi connectivity index (χ0) is 14.8. The summed E-state index contributed by atoms with van der Waals surface area (Å²) in [6.07, 6.45) is 2.35. The van der Waals surface area contributed by atoms with Crippen molar-refractivity contribution >= 4 is 37.6 Å². The molecule has 0 spiro atoms. The molecule has 20 heavy (non-hydrogen) atoms. The second-order valence-corrected chi connectivity index (χ2v) is 6.17. The lowest BCUT2D eigenvalue weighted by Gasteiger charge is -2.05. The van der Waals surface area contributed by atoms with E-state index < -0.39 is 20.8 Å². The Hall–Kier alpha value is -2.07. The van der Waals surface area contributed by atoms with Gasteiger partial charge in [0.05, 0.1) is 0 Å². The molecule has 0 saturated heterocycles. The molecule has 0 radical (unpaired) electrons. The van der Waals surface area contributed by atoms with Crippen molar-refractivity contribution in [2.24, 2.45) is 0 Å². The van der Waals surface area contributed by atoms with E-state index in [1.165, 1.54) is 12.3 Å². The van der Waals surface area contributed by atoms with Crippen LogP contribution in [0.15, 0.2) is 46.0 Å². The number of halogens is 1. The standard InChI is InChI=1S/C10H7BrN4O4S/c11-7-1-3-9(12-5-7)14-20(18,19)8-2-4-10(13-6-8)15(16)17/h1-6H,(H,12,14). The van der Waals surface area contributed by atoms with Gasteiger partial charge in [-0.15, -0.1) is 0 Å². The minimum Gasteiger partial charge on any atom is -0.358 e. The number of nitrogens with one attached hydrogen (secondary N) is 1. The van der Waals surface area contributed by atoms with Crippen molar-refractivity contribution in [3.05, 3.63) is 51.2 Å². The highest BCUT2D eigenvalue weighted by molar-refractivity contribution is 9.10. The first-order valence-electron chi connectivity index (χ1n) is 5.13. The first-order chi connectivity index (χ1) is 9.38. The Bertz CT molecular complexity index is 731. The third kappa shape index (κ3) is 3.27. The van der Waals surface area contributed by atoms with Gasteiger partial charge in [-0.05, 0) is 44.0 Å². The highest BCUT2D eigenvalue weighted by Gasteiger charge is 2.18. The molecule has 0 unspecified atom stereocenters. The molecule has 0 aliphatic rings. The molecule has 0 fully saturated rings. The maximum absolute atomic E-state index is 12.0. The number of nitrogens with zero attached hydrogens (tertiary/aromatic N) is 3. The number of hydrogen-bond donors (Lipinski definition) is 1. The van der Waals surface area contributed by atoms with E-state index in [0.29, 0.717) is 4.47 Å². The summed E-state index contributed by atoms with van der Waals surface area (Å²) >= 11 is 3.18. The number of pyridine rings is 2. The molecule has 2 rings (SSSR count). The summed E-state index contributed by atoms with van der Waals surface area (Å²) in [6, 6.07) is 5.22. The average molecular weight is 359 g/mol. The van der Waals surface area contributed by atoms with Crippen LogP contribution in [0.5, 0.6) is 0 Å². The van der Waals surface area contributed by atoms with Gasteiger partial charge >= 0.3 is 5.82 Å². The third-order valence-electron chi connectivity index (χ3n) is 2.18. The molecule has 10 heteroatoms. The summed E-state index contributed by atoms with van der Waals surface area (Å²) in [5, 5.41) is 10.4. The minimum absolute atomic E-state index is 0.131. The smallest absolute Gasteiger partial charge is 0.358 e. The van der Waals surface area contributed by atoms with E-state index in [9.17, 15) is 18.5 Å². The van der Waals surface area contributed by atoms with Crippen LogP contribution < -0.4 is 4.72 Å². The van der Waals surface area contributed by atoms with Crippen LogP contribution in [0.1, 0.15) is 0 Å². The van der Waals surface area contributed by atoms with Crippen molar-refractivity contribution in [3.8, 4) is 0 Å². The molecule has 1 N–H and O–H groups in total. The number of hydrogen-bond acceptors (Lipinski definition) is 6. The quantitative estimate of drug-likeness (QED) is 0.659. The fraction of sp³-hybridized carbons (Fsp3) is 0. The van der Waals surface area contributed by atoms with E-state index in [2.05, 4.69) is 30.6 Å². The van der Waals surface area contributed by atoms with E-state index in [4.69, 9.17) is 0 Å². The number of anilines is 1. The van der Waals surface area contributed by atoms with Gasteiger partial charge in [-0.2, -0.15) is 0 Å². The summed E-state index contributed by atoms with van der Waals surface area (Å²) in [5.41, 5.74) is 0. The molecule has 0 aliphatic heterocycles. The zero-order valence-corrected chi connectivity index (χ0v) is 12.1. The lowest BCUT2D eigenvalue weighted by Crippen LogP contribution is -2.14. The largest absolute Gasteiger partial charge is 0.363 e. The molecule has 0 saturated carbocycles. The molecule has 2 aromatic rings. The second kappa shape index (κ2) is 5.51. The van der Waals surface area contributed by atoms with Crippen molar-refractivity contribution in [3.63, 3.8) is 0 Å². The van der Waals surface area contributed by atoms with Crippen molar-refractivity contribution in [1.29, 1.82) is 0 Å². The van der Waals surface area contributed by atoms with Crippen LogP contribution in [0.2, 0.25) is 0 Å². The molecule has 0 atom stereocenters. The second-order valence-electron chi connectivity index (χ2n) is 3.58. The normalized spacial score (nSPS) is 11.1. The maximum atomic E-state index is 12.0. The van der Waals surface area contributed by atoms with E-state index in [0.717, 1.165) is 18.3 Å². The van der Waals surface area contributed by atoms with Crippen LogP contribution in [-0.4, -0.2) is 23.3 Å². The molecule has 2 heterocycles. The Kier molecular flexibility index (Phi) is 3.95. The minimum atomic E-state index is -3.88. The van der Waals surface area contributed by atoms with Crippen molar-refractivity contribution in [2.45, 2.75) is 4.90 Å². The lowest BCUT2D eigenvalue weighted by molar-refractivity contribution is -0.389. The molecule has 0 amide bonds. The van der Waals surface area contributed by atoms with Gasteiger partial charge in [0.15, 0.2) is 6.20 Å². The molecular formula is C10H7BrN4O4S. The van der Waals surface area contributed by atoms with Gasteiger partial charge in [0, 0.05) is 16.7 Å². The van der Waals surface area contributed by atoms with E-state index in [1.54, 1.807) is 6.07 Å². The predicted octanol–water partition coefficient (Wildman–Crippen LogP) is 1.95. The first kappa shape index (κ1) is 14.3. The Morgan fingerprint density at radius 2 is 1.90 bits per heavy atom. The van der Waals surface area contributed by atoms with Crippen LogP contribution >= 0.6 is 15.9 Å². The van der Waals surface area contributed by atoms with Crippen molar-refractivity contribution < 1.29 is 13.3 Å². The van der Waals surface area contributed by atoms with Gasteiger partial charge < -0.3 is 10.1 Å². The molecule has 2 aromatic heterocycles. The van der Waals surface area contributed by atoms with Crippen LogP contribution in [0.4, 0.5) is 11.6 Å². The summed E-state index contributed by atoms with van der Waals surface area (Å²) in [5.74, 6) is -0.294. The highest BCUT2D eigenvalue weighted by Crippen LogP contribution is 2.17. The maximum Gasteiger partial charge on any atom is 0.363 e. The predicted molar refractivity (Wildman–Crippen MR) is 73.6 cm³/mol. The Balaban J connectivity index is 2.26. The van der Waals surface area contributed by atoms with Crippen LogP contribution in [0.25, 0.3) is 0 Å². The zero-order valence-electron chi connectivity index (χ0n) is 9.72. The molecule has 0 aliphatic carbocycles. The Morgan fingerprint density at radius 1 is 1.15 bits per heavy atom. The van der Waals surface area contributed by atoms with E-state index >= 15 is 0 Å². The van der Waals surface area contributed by atoms with Crippen LogP contribution in [-0.2, 0) is 10.0 Å². The van der Waals surface area contributed by atoms with Gasteiger partial charge in [-0.3, -0.25) is 4.72 Å². The number of sulfonamides is 1. The van der Waals surface area contributed by atoms with Gasteiger partial charge in [-0.25, -0.2) is 13.4 Å². The molecule has 104 valence electrons. The van der Waals surface area contributed by atoms with Crippen molar-refractivity contribution in [1.82, 2.24) is 9.97 Å². The SMILES string of the molecule is O=[N+]([O-])c1ccc(S(=O)(=O)Nc2ccc(Br)cn2)cn1. The van der Waals surface area contributed by atoms with Gasteiger partial charge in [0.25, 0.3) is 10.0 Å². The molecule has 8 nitrogen and oxygen atoms in total. The summed E-state index contributed by atoms with van der Waals surface area (Å²) < 4.78 is 26.9. The number of aromatic nitrogens is 2. The monoisotopic (exact) mass is 358 g/mol.